The van der Waals surface area contributed by atoms with Crippen LogP contribution in [0.3, 0.4) is 0 Å². The first-order chi connectivity index (χ1) is 14.5. The molecule has 1 aliphatic heterocycles. The second-order valence-corrected chi connectivity index (χ2v) is 7.04. The van der Waals surface area contributed by atoms with Crippen molar-refractivity contribution < 1.29 is 19.1 Å². The number of allylic oxidation sites excluding steroid dienone is 1. The van der Waals surface area contributed by atoms with Crippen LogP contribution in [0.1, 0.15) is 44.6 Å². The van der Waals surface area contributed by atoms with Crippen LogP contribution in [-0.2, 0) is 9.47 Å². The molecule has 7 heteroatoms. The van der Waals surface area contributed by atoms with Crippen molar-refractivity contribution in [2.45, 2.75) is 20.8 Å². The predicted molar refractivity (Wildman–Crippen MR) is 114 cm³/mol. The number of aryl methyl sites for hydroxylation is 2. The lowest BCUT2D eigenvalue weighted by atomic mass is 9.98. The molecule has 0 bridgehead atoms. The van der Waals surface area contributed by atoms with E-state index in [2.05, 4.69) is 9.88 Å². The molecule has 1 aromatic carbocycles. The summed E-state index contributed by atoms with van der Waals surface area (Å²) in [5.74, 6) is -1.07. The molecule has 156 valence electrons. The Morgan fingerprint density at radius 1 is 1.17 bits per heavy atom. The Kier molecular flexibility index (Phi) is 6.70. The molecular weight excluding hydrogens is 382 g/mol. The highest BCUT2D eigenvalue weighted by Gasteiger charge is 2.27. The summed E-state index contributed by atoms with van der Waals surface area (Å²) in [5.41, 5.74) is 3.21. The van der Waals surface area contributed by atoms with Gasteiger partial charge < -0.3 is 19.4 Å². The van der Waals surface area contributed by atoms with Crippen LogP contribution in [0.2, 0.25) is 0 Å². The van der Waals surface area contributed by atoms with Crippen LogP contribution in [0.5, 0.6) is 0 Å². The molecule has 1 saturated heterocycles. The molecule has 2 aromatic rings. The fourth-order valence-corrected chi connectivity index (χ4v) is 3.58. The number of nitrogens with zero attached hydrogens (tertiary/aromatic N) is 2. The summed E-state index contributed by atoms with van der Waals surface area (Å²) in [6.07, 6.45) is 1.54. The van der Waals surface area contributed by atoms with E-state index >= 15 is 0 Å². The van der Waals surface area contributed by atoms with Gasteiger partial charge >= 0.3 is 5.97 Å². The number of aromatic amines is 1. The highest BCUT2D eigenvalue weighted by atomic mass is 16.5. The van der Waals surface area contributed by atoms with Crippen molar-refractivity contribution in [2.75, 3.05) is 37.8 Å². The number of hydrogen-bond donors (Lipinski definition) is 1. The minimum atomic E-state index is -0.574. The van der Waals surface area contributed by atoms with Gasteiger partial charge in [-0.3, -0.25) is 4.79 Å². The standard InChI is InChI=1S/C23H25N3O4/c1-4-30-23(28)21-16(3)25-15(2)20(21)22(27)18(14-24)13-17-5-7-19(8-6-17)26-9-11-29-12-10-26/h5-8,13,25H,4,9-12H2,1-3H3/b18-13+. The van der Waals surface area contributed by atoms with Gasteiger partial charge in [0.2, 0.25) is 5.78 Å². The van der Waals surface area contributed by atoms with Crippen LogP contribution >= 0.6 is 0 Å². The third-order valence-electron chi connectivity index (χ3n) is 5.03. The van der Waals surface area contributed by atoms with E-state index in [0.717, 1.165) is 24.3 Å². The number of esters is 1. The highest BCUT2D eigenvalue weighted by molar-refractivity contribution is 6.19. The topological polar surface area (TPSA) is 95.4 Å². The summed E-state index contributed by atoms with van der Waals surface area (Å²) in [4.78, 5) is 30.7. The van der Waals surface area contributed by atoms with Gasteiger partial charge in [-0.05, 0) is 44.5 Å². The number of rotatable bonds is 6. The van der Waals surface area contributed by atoms with E-state index in [1.54, 1.807) is 26.8 Å². The number of ether oxygens (including phenoxy) is 2. The Labute approximate surface area is 175 Å². The third kappa shape index (κ3) is 4.44. The number of anilines is 1. The van der Waals surface area contributed by atoms with Crippen LogP contribution < -0.4 is 4.90 Å². The highest BCUT2D eigenvalue weighted by Crippen LogP contribution is 2.24. The molecular formula is C23H25N3O4. The van der Waals surface area contributed by atoms with Gasteiger partial charge in [0.25, 0.3) is 0 Å². The minimum absolute atomic E-state index is 0.0400. The molecule has 1 aromatic heterocycles. The summed E-state index contributed by atoms with van der Waals surface area (Å²) >= 11 is 0. The molecule has 7 nitrogen and oxygen atoms in total. The van der Waals surface area contributed by atoms with Crippen molar-refractivity contribution in [3.8, 4) is 6.07 Å². The lowest BCUT2D eigenvalue weighted by molar-refractivity contribution is 0.0523. The van der Waals surface area contributed by atoms with Crippen molar-refractivity contribution in [1.29, 1.82) is 5.26 Å². The van der Waals surface area contributed by atoms with Crippen molar-refractivity contribution in [3.05, 3.63) is 57.9 Å². The summed E-state index contributed by atoms with van der Waals surface area (Å²) in [6.45, 7) is 8.38. The zero-order chi connectivity index (χ0) is 21.7. The molecule has 0 radical (unpaired) electrons. The lowest BCUT2D eigenvalue weighted by Crippen LogP contribution is -2.36. The fraction of sp³-hybridized carbons (Fsp3) is 0.348. The van der Waals surface area contributed by atoms with Crippen LogP contribution in [0.25, 0.3) is 6.08 Å². The number of morpholine rings is 1. The number of ketones is 1. The van der Waals surface area contributed by atoms with Gasteiger partial charge in [-0.2, -0.15) is 5.26 Å². The normalized spacial score (nSPS) is 14.3. The molecule has 1 N–H and O–H groups in total. The van der Waals surface area contributed by atoms with Crippen molar-refractivity contribution >= 4 is 23.5 Å². The van der Waals surface area contributed by atoms with Gasteiger partial charge in [-0.1, -0.05) is 12.1 Å². The van der Waals surface area contributed by atoms with E-state index < -0.39 is 11.8 Å². The molecule has 3 rings (SSSR count). The first kappa shape index (κ1) is 21.3. The molecule has 0 saturated carbocycles. The number of carbonyl (C=O) groups excluding carboxylic acids is 2. The lowest BCUT2D eigenvalue weighted by Gasteiger charge is -2.28. The van der Waals surface area contributed by atoms with Gasteiger partial charge in [0.15, 0.2) is 0 Å². The average molecular weight is 407 g/mol. The smallest absolute Gasteiger partial charge is 0.340 e. The molecule has 1 aliphatic rings. The number of hydrogen-bond acceptors (Lipinski definition) is 6. The Hall–Kier alpha value is -3.37. The molecule has 0 aliphatic carbocycles. The van der Waals surface area contributed by atoms with Gasteiger partial charge in [0.05, 0.1) is 30.9 Å². The van der Waals surface area contributed by atoms with Crippen LogP contribution in [0.4, 0.5) is 5.69 Å². The van der Waals surface area contributed by atoms with E-state index in [4.69, 9.17) is 9.47 Å². The van der Waals surface area contributed by atoms with Crippen LogP contribution in [-0.4, -0.2) is 49.6 Å². The summed E-state index contributed by atoms with van der Waals surface area (Å²) in [5, 5.41) is 9.62. The van der Waals surface area contributed by atoms with E-state index in [1.165, 1.54) is 0 Å². The van der Waals surface area contributed by atoms with E-state index in [1.807, 2.05) is 30.3 Å². The Morgan fingerprint density at radius 3 is 2.40 bits per heavy atom. The number of benzene rings is 1. The van der Waals surface area contributed by atoms with Crippen LogP contribution in [0.15, 0.2) is 29.8 Å². The zero-order valence-electron chi connectivity index (χ0n) is 17.4. The van der Waals surface area contributed by atoms with E-state index in [0.29, 0.717) is 24.6 Å². The molecule has 2 heterocycles. The number of aromatic nitrogens is 1. The number of H-pyrrole nitrogens is 1. The van der Waals surface area contributed by atoms with Gasteiger partial charge in [0.1, 0.15) is 11.6 Å². The summed E-state index contributed by atoms with van der Waals surface area (Å²) in [7, 11) is 0. The zero-order valence-corrected chi connectivity index (χ0v) is 17.4. The largest absolute Gasteiger partial charge is 0.462 e. The van der Waals surface area contributed by atoms with Gasteiger partial charge in [-0.15, -0.1) is 0 Å². The summed E-state index contributed by atoms with van der Waals surface area (Å²) < 4.78 is 10.5. The van der Waals surface area contributed by atoms with Crippen molar-refractivity contribution in [3.63, 3.8) is 0 Å². The molecule has 1 fully saturated rings. The average Bonchev–Trinajstić information content (AvgIpc) is 3.06. The SMILES string of the molecule is CCOC(=O)c1c(C)[nH]c(C)c1C(=O)/C(C#N)=C/c1ccc(N2CCOCC2)cc1. The van der Waals surface area contributed by atoms with Crippen molar-refractivity contribution in [2.24, 2.45) is 0 Å². The Morgan fingerprint density at radius 2 is 1.80 bits per heavy atom. The second-order valence-electron chi connectivity index (χ2n) is 7.04. The molecule has 0 unspecified atom stereocenters. The van der Waals surface area contributed by atoms with Crippen LogP contribution in [0, 0.1) is 25.2 Å². The monoisotopic (exact) mass is 407 g/mol. The number of Topliss-reactive ketones (excluding diaryl/α,β-unsaturated/α-hetero) is 1. The Bertz CT molecular complexity index is 1010. The maximum absolute atomic E-state index is 13.1. The number of nitriles is 1. The van der Waals surface area contributed by atoms with Crippen molar-refractivity contribution in [1.82, 2.24) is 4.98 Å². The third-order valence-corrected chi connectivity index (χ3v) is 5.03. The number of nitrogens with one attached hydrogen (secondary N) is 1. The van der Waals surface area contributed by atoms with Gasteiger partial charge in [0, 0.05) is 30.2 Å². The maximum Gasteiger partial charge on any atom is 0.340 e. The first-order valence-corrected chi connectivity index (χ1v) is 9.91. The Balaban J connectivity index is 1.89. The van der Waals surface area contributed by atoms with Gasteiger partial charge in [-0.25, -0.2) is 4.79 Å². The predicted octanol–water partition coefficient (Wildman–Crippen LogP) is 3.43. The second kappa shape index (κ2) is 9.42. The van der Waals surface area contributed by atoms with E-state index in [9.17, 15) is 14.9 Å². The quantitative estimate of drug-likeness (QED) is 0.341. The maximum atomic E-state index is 13.1. The fourth-order valence-electron chi connectivity index (χ4n) is 3.58. The molecule has 0 spiro atoms. The number of carbonyl (C=O) groups is 2. The molecule has 0 amide bonds. The van der Waals surface area contributed by atoms with E-state index in [-0.39, 0.29) is 23.3 Å². The summed E-state index contributed by atoms with van der Waals surface area (Å²) in [6, 6.07) is 9.65. The molecule has 0 atom stereocenters. The first-order valence-electron chi connectivity index (χ1n) is 9.91. The minimum Gasteiger partial charge on any atom is -0.462 e. The molecule has 30 heavy (non-hydrogen) atoms.